The van der Waals surface area contributed by atoms with Gasteiger partial charge in [0.1, 0.15) is 16.5 Å². The molecule has 1 aliphatic rings. The molecule has 3 rings (SSSR count). The van der Waals surface area contributed by atoms with Crippen molar-refractivity contribution in [3.8, 4) is 0 Å². The quantitative estimate of drug-likeness (QED) is 0.917. The topological polar surface area (TPSA) is 47.0 Å². The number of nitrogens with one attached hydrogen (secondary N) is 1. The Morgan fingerprint density at radius 1 is 1.29 bits per heavy atom. The summed E-state index contributed by atoms with van der Waals surface area (Å²) >= 11 is 1.86. The molecule has 2 aromatic heterocycles. The summed E-state index contributed by atoms with van der Waals surface area (Å²) in [7, 11) is 1.73. The molecule has 2 aromatic rings. The van der Waals surface area contributed by atoms with Crippen molar-refractivity contribution < 1.29 is 4.74 Å². The molecule has 1 aliphatic carbocycles. The van der Waals surface area contributed by atoms with Crippen molar-refractivity contribution in [2.24, 2.45) is 0 Å². The van der Waals surface area contributed by atoms with E-state index in [1.807, 2.05) is 11.3 Å². The molecule has 0 fully saturated rings. The van der Waals surface area contributed by atoms with Gasteiger partial charge in [0.2, 0.25) is 0 Å². The van der Waals surface area contributed by atoms with E-state index in [-0.39, 0.29) is 6.10 Å². The van der Waals surface area contributed by atoms with Gasteiger partial charge in [-0.1, -0.05) is 0 Å². The highest BCUT2D eigenvalue weighted by Gasteiger charge is 2.21. The second-order valence-electron chi connectivity index (χ2n) is 5.66. The number of fused-ring (bicyclic) bond motifs is 3. The number of thiophene rings is 1. The molecule has 2 heterocycles. The summed E-state index contributed by atoms with van der Waals surface area (Å²) in [6.07, 6.45) is 5.86. The molecule has 0 aliphatic heterocycles. The fourth-order valence-electron chi connectivity index (χ4n) is 2.93. The molecule has 0 saturated heterocycles. The Morgan fingerprint density at radius 2 is 2.10 bits per heavy atom. The molecule has 114 valence electrons. The zero-order valence-corrected chi connectivity index (χ0v) is 13.8. The zero-order valence-electron chi connectivity index (χ0n) is 13.0. The van der Waals surface area contributed by atoms with Gasteiger partial charge in [0, 0.05) is 25.0 Å². The van der Waals surface area contributed by atoms with Gasteiger partial charge < -0.3 is 10.1 Å². The molecule has 21 heavy (non-hydrogen) atoms. The maximum absolute atomic E-state index is 5.35. The SMILES string of the molecule is CCNc1nc(CC(C)OC)nc2sc3c(c12)CCCC3. The monoisotopic (exact) mass is 305 g/mol. The lowest BCUT2D eigenvalue weighted by molar-refractivity contribution is 0.117. The highest BCUT2D eigenvalue weighted by Crippen LogP contribution is 2.38. The lowest BCUT2D eigenvalue weighted by Crippen LogP contribution is -2.13. The third kappa shape index (κ3) is 2.90. The number of nitrogens with zero attached hydrogens (tertiary/aromatic N) is 2. The van der Waals surface area contributed by atoms with Crippen LogP contribution in [0.5, 0.6) is 0 Å². The molecule has 0 bridgehead atoms. The number of aromatic nitrogens is 2. The first-order valence-electron chi connectivity index (χ1n) is 7.80. The third-order valence-electron chi connectivity index (χ3n) is 4.08. The number of ether oxygens (including phenoxy) is 1. The average Bonchev–Trinajstić information content (AvgIpc) is 2.85. The lowest BCUT2D eigenvalue weighted by atomic mass is 9.97. The fourth-order valence-corrected chi connectivity index (χ4v) is 4.21. The molecule has 0 aromatic carbocycles. The molecule has 5 heteroatoms. The number of anilines is 1. The van der Waals surface area contributed by atoms with Crippen LogP contribution in [0.1, 0.15) is 43.0 Å². The number of hydrogen-bond donors (Lipinski definition) is 1. The maximum Gasteiger partial charge on any atom is 0.138 e. The fraction of sp³-hybridized carbons (Fsp3) is 0.625. The smallest absolute Gasteiger partial charge is 0.138 e. The van der Waals surface area contributed by atoms with Crippen molar-refractivity contribution in [1.82, 2.24) is 9.97 Å². The standard InChI is InChI=1S/C16H23N3OS/c1-4-17-15-14-11-7-5-6-8-12(11)21-16(14)19-13(18-15)9-10(2)20-3/h10H,4-9H2,1-3H3,(H,17,18,19). The van der Waals surface area contributed by atoms with Crippen molar-refractivity contribution in [1.29, 1.82) is 0 Å². The Labute approximate surface area is 129 Å². The van der Waals surface area contributed by atoms with E-state index in [1.165, 1.54) is 41.5 Å². The number of aryl methyl sites for hydroxylation is 2. The summed E-state index contributed by atoms with van der Waals surface area (Å²) in [5, 5.41) is 4.70. The average molecular weight is 305 g/mol. The summed E-state index contributed by atoms with van der Waals surface area (Å²) in [5.74, 6) is 1.90. The molecular weight excluding hydrogens is 282 g/mol. The van der Waals surface area contributed by atoms with Crippen molar-refractivity contribution in [3.05, 3.63) is 16.3 Å². The van der Waals surface area contributed by atoms with Crippen LogP contribution < -0.4 is 5.32 Å². The predicted octanol–water partition coefficient (Wildman–Crippen LogP) is 3.58. The molecule has 0 radical (unpaired) electrons. The van der Waals surface area contributed by atoms with Crippen molar-refractivity contribution in [2.75, 3.05) is 19.0 Å². The Kier molecular flexibility index (Phi) is 4.40. The lowest BCUT2D eigenvalue weighted by Gasteiger charge is -2.13. The molecule has 1 atom stereocenters. The van der Waals surface area contributed by atoms with E-state index in [2.05, 4.69) is 19.2 Å². The minimum atomic E-state index is 0.145. The largest absolute Gasteiger partial charge is 0.381 e. The Bertz CT molecular complexity index is 638. The number of methoxy groups -OCH3 is 1. The first kappa shape index (κ1) is 14.7. The van der Waals surface area contributed by atoms with Gasteiger partial charge in [0.05, 0.1) is 11.5 Å². The molecule has 0 amide bonds. The van der Waals surface area contributed by atoms with Crippen LogP contribution in [0, 0.1) is 0 Å². The highest BCUT2D eigenvalue weighted by molar-refractivity contribution is 7.19. The van der Waals surface area contributed by atoms with Crippen molar-refractivity contribution in [3.63, 3.8) is 0 Å². The van der Waals surface area contributed by atoms with Gasteiger partial charge in [0.25, 0.3) is 0 Å². The van der Waals surface area contributed by atoms with Crippen LogP contribution >= 0.6 is 11.3 Å². The number of hydrogen-bond acceptors (Lipinski definition) is 5. The van der Waals surface area contributed by atoms with Crippen LogP contribution in [0.4, 0.5) is 5.82 Å². The van der Waals surface area contributed by atoms with E-state index >= 15 is 0 Å². The normalized spacial score (nSPS) is 16.0. The first-order chi connectivity index (χ1) is 10.2. The van der Waals surface area contributed by atoms with Crippen LogP contribution in [-0.2, 0) is 24.0 Å². The molecule has 4 nitrogen and oxygen atoms in total. The minimum absolute atomic E-state index is 0.145. The summed E-state index contributed by atoms with van der Waals surface area (Å²) < 4.78 is 5.35. The second kappa shape index (κ2) is 6.28. The van der Waals surface area contributed by atoms with E-state index in [4.69, 9.17) is 14.7 Å². The van der Waals surface area contributed by atoms with E-state index < -0.39 is 0 Å². The van der Waals surface area contributed by atoms with Crippen molar-refractivity contribution >= 4 is 27.4 Å². The van der Waals surface area contributed by atoms with E-state index in [9.17, 15) is 0 Å². The summed E-state index contributed by atoms with van der Waals surface area (Å²) in [6.45, 7) is 5.06. The van der Waals surface area contributed by atoms with Crippen molar-refractivity contribution in [2.45, 2.75) is 52.1 Å². The van der Waals surface area contributed by atoms with Crippen LogP contribution in [0.2, 0.25) is 0 Å². The van der Waals surface area contributed by atoms with Crippen LogP contribution in [0.15, 0.2) is 0 Å². The summed E-state index contributed by atoms with van der Waals surface area (Å²) in [5.41, 5.74) is 1.49. The van der Waals surface area contributed by atoms with Crippen LogP contribution in [0.3, 0.4) is 0 Å². The van der Waals surface area contributed by atoms with Gasteiger partial charge in [0.15, 0.2) is 0 Å². The summed E-state index contributed by atoms with van der Waals surface area (Å²) in [6, 6.07) is 0. The Hall–Kier alpha value is -1.20. The van der Waals surface area contributed by atoms with Gasteiger partial charge >= 0.3 is 0 Å². The molecular formula is C16H23N3OS. The van der Waals surface area contributed by atoms with E-state index in [1.54, 1.807) is 7.11 Å². The third-order valence-corrected chi connectivity index (χ3v) is 5.26. The molecule has 1 unspecified atom stereocenters. The van der Waals surface area contributed by atoms with Gasteiger partial charge in [-0.2, -0.15) is 0 Å². The van der Waals surface area contributed by atoms with E-state index in [0.717, 1.165) is 29.4 Å². The molecule has 0 saturated carbocycles. The molecule has 1 N–H and O–H groups in total. The van der Waals surface area contributed by atoms with E-state index in [0.29, 0.717) is 0 Å². The van der Waals surface area contributed by atoms with Gasteiger partial charge in [-0.15, -0.1) is 11.3 Å². The summed E-state index contributed by atoms with van der Waals surface area (Å²) in [4.78, 5) is 12.2. The highest BCUT2D eigenvalue weighted by atomic mass is 32.1. The predicted molar refractivity (Wildman–Crippen MR) is 88.4 cm³/mol. The maximum atomic E-state index is 5.35. The molecule has 0 spiro atoms. The van der Waals surface area contributed by atoms with Gasteiger partial charge in [-0.25, -0.2) is 9.97 Å². The number of rotatable bonds is 5. The van der Waals surface area contributed by atoms with Gasteiger partial charge in [-0.3, -0.25) is 0 Å². The van der Waals surface area contributed by atoms with Crippen LogP contribution in [0.25, 0.3) is 10.2 Å². The zero-order chi connectivity index (χ0) is 14.8. The van der Waals surface area contributed by atoms with Crippen LogP contribution in [-0.4, -0.2) is 29.7 Å². The Morgan fingerprint density at radius 3 is 2.86 bits per heavy atom. The Balaban J connectivity index is 2.09. The second-order valence-corrected chi connectivity index (χ2v) is 6.74. The minimum Gasteiger partial charge on any atom is -0.381 e. The first-order valence-corrected chi connectivity index (χ1v) is 8.62. The van der Waals surface area contributed by atoms with Gasteiger partial charge in [-0.05, 0) is 45.1 Å².